The molecule has 3 saturated carbocycles. The number of nitrogens with zero attached hydrogens (tertiary/aromatic N) is 1. The number of carbonyl (C=O) groups is 4. The zero-order valence-corrected chi connectivity index (χ0v) is 31.7. The SMILES string of the molecule is C=CCNC(=O)C(=O)C(CC1CC1)NC(=O)C1C2C(CN1C(O)[C@@H](NC(=O)NC1(CS(=O)(=O)C(C)(C)C)CCCCC1)C(C)(C)C)C2(C)C. The minimum Gasteiger partial charge on any atom is -0.376 e. The second-order valence-electron chi connectivity index (χ2n) is 17.8. The Balaban J connectivity index is 1.54. The lowest BCUT2D eigenvalue weighted by molar-refractivity contribution is -0.142. The van der Waals surface area contributed by atoms with Crippen LogP contribution in [0.1, 0.15) is 107 Å². The van der Waals surface area contributed by atoms with Crippen LogP contribution in [-0.4, -0.2) is 95.5 Å². The van der Waals surface area contributed by atoms with Gasteiger partial charge in [0.15, 0.2) is 9.84 Å². The third kappa shape index (κ3) is 8.87. The Morgan fingerprint density at radius 3 is 2.14 bits per heavy atom. The number of urea groups is 1. The smallest absolute Gasteiger partial charge is 0.315 e. The summed E-state index contributed by atoms with van der Waals surface area (Å²) in [5.41, 5.74) is -1.75. The van der Waals surface area contributed by atoms with Crippen molar-refractivity contribution in [1.82, 2.24) is 26.2 Å². The molecule has 4 amide bonds. The normalized spacial score (nSPS) is 26.8. The second-order valence-corrected chi connectivity index (χ2v) is 20.5. The molecule has 4 rings (SSSR count). The maximum atomic E-state index is 14.1. The van der Waals surface area contributed by atoms with Crippen molar-refractivity contribution in [3.05, 3.63) is 12.7 Å². The van der Waals surface area contributed by atoms with Gasteiger partial charge in [0.05, 0.1) is 34.2 Å². The zero-order valence-electron chi connectivity index (χ0n) is 30.9. The van der Waals surface area contributed by atoms with Crippen molar-refractivity contribution in [3.63, 3.8) is 0 Å². The van der Waals surface area contributed by atoms with Crippen LogP contribution >= 0.6 is 0 Å². The molecule has 0 bridgehead atoms. The van der Waals surface area contributed by atoms with Crippen LogP contribution in [0, 0.1) is 28.6 Å². The number of sulfone groups is 1. The van der Waals surface area contributed by atoms with E-state index in [0.29, 0.717) is 25.8 Å². The van der Waals surface area contributed by atoms with E-state index in [9.17, 15) is 32.7 Å². The summed E-state index contributed by atoms with van der Waals surface area (Å²) in [6.45, 7) is 19.0. The van der Waals surface area contributed by atoms with Crippen molar-refractivity contribution < 1.29 is 32.7 Å². The Morgan fingerprint density at radius 1 is 1.00 bits per heavy atom. The predicted molar refractivity (Wildman–Crippen MR) is 189 cm³/mol. The number of hydrogen-bond donors (Lipinski definition) is 5. The number of hydrogen-bond acceptors (Lipinski definition) is 8. The van der Waals surface area contributed by atoms with Crippen LogP contribution in [-0.2, 0) is 24.2 Å². The highest BCUT2D eigenvalue weighted by Gasteiger charge is 2.69. The summed E-state index contributed by atoms with van der Waals surface area (Å²) in [6.07, 6.45) is 6.10. The first kappa shape index (κ1) is 39.3. The average molecular weight is 708 g/mol. The van der Waals surface area contributed by atoms with E-state index in [1.54, 1.807) is 25.7 Å². The Morgan fingerprint density at radius 2 is 1.61 bits per heavy atom. The van der Waals surface area contributed by atoms with E-state index in [1.807, 2.05) is 20.8 Å². The third-order valence-corrected chi connectivity index (χ3v) is 14.3. The van der Waals surface area contributed by atoms with Gasteiger partial charge in [0.1, 0.15) is 6.23 Å². The Hall–Kier alpha value is -2.51. The van der Waals surface area contributed by atoms with E-state index < -0.39 is 73.5 Å². The molecule has 1 heterocycles. The van der Waals surface area contributed by atoms with Crippen LogP contribution in [0.2, 0.25) is 0 Å². The highest BCUT2D eigenvalue weighted by molar-refractivity contribution is 7.92. The number of piperidine rings is 1. The molecule has 0 spiro atoms. The molecule has 1 saturated heterocycles. The number of ketones is 1. The molecule has 1 aliphatic heterocycles. The lowest BCUT2D eigenvalue weighted by atomic mass is 9.83. The molecule has 4 fully saturated rings. The maximum Gasteiger partial charge on any atom is 0.315 e. The highest BCUT2D eigenvalue weighted by Crippen LogP contribution is 2.65. The monoisotopic (exact) mass is 707 g/mol. The van der Waals surface area contributed by atoms with Gasteiger partial charge in [0.2, 0.25) is 11.7 Å². The van der Waals surface area contributed by atoms with E-state index in [2.05, 4.69) is 41.7 Å². The first-order valence-electron chi connectivity index (χ1n) is 18.0. The van der Waals surface area contributed by atoms with Crippen molar-refractivity contribution in [2.75, 3.05) is 18.8 Å². The quantitative estimate of drug-likeness (QED) is 0.135. The number of nitrogens with one attached hydrogen (secondary N) is 4. The van der Waals surface area contributed by atoms with Crippen LogP contribution in [0.3, 0.4) is 0 Å². The van der Waals surface area contributed by atoms with Crippen LogP contribution < -0.4 is 21.3 Å². The average Bonchev–Trinajstić information content (AvgIpc) is 3.84. The highest BCUT2D eigenvalue weighted by atomic mass is 32.2. The number of amides is 4. The summed E-state index contributed by atoms with van der Waals surface area (Å²) >= 11 is 0. The number of likely N-dealkylation sites (tertiary alicyclic amines) is 1. The number of Topliss-reactive ketones (excluding diaryl/α,β-unsaturated/α-hetero) is 1. The predicted octanol–water partition coefficient (Wildman–Crippen LogP) is 3.05. The van der Waals surface area contributed by atoms with Gasteiger partial charge >= 0.3 is 6.03 Å². The number of rotatable bonds is 14. The van der Waals surface area contributed by atoms with Crippen LogP contribution in [0.15, 0.2) is 12.7 Å². The first-order chi connectivity index (χ1) is 22.5. The summed E-state index contributed by atoms with van der Waals surface area (Å²) in [5, 5.41) is 23.5. The molecule has 12 nitrogen and oxygen atoms in total. The molecule has 4 aliphatic rings. The van der Waals surface area contributed by atoms with Crippen LogP contribution in [0.5, 0.6) is 0 Å². The molecule has 5 N–H and O–H groups in total. The van der Waals surface area contributed by atoms with Crippen molar-refractivity contribution in [2.45, 2.75) is 141 Å². The molecular formula is C36H61N5O7S. The summed E-state index contributed by atoms with van der Waals surface area (Å²) in [7, 11) is -3.55. The number of aliphatic hydroxyl groups excluding tert-OH is 1. The Kier molecular flexibility index (Phi) is 11.4. The second kappa shape index (κ2) is 14.3. The van der Waals surface area contributed by atoms with E-state index >= 15 is 0 Å². The standard InChI is InChI=1S/C36H61N5O7S/c1-10-18-37-30(44)27(42)24(19-22-14-15-22)38-29(43)26-25-23(35(25,8)9)20-41(26)31(45)28(33(2,3)4)39-32(46)40-36(16-12-11-13-17-36)21-49(47,48)34(5,6)7/h10,22-26,28,31,45H,1,11-21H2,2-9H3,(H,37,44)(H,38,43)(H2,39,40,46)/t23?,24?,25?,26?,28-,31?/m1/s1. The van der Waals surface area contributed by atoms with E-state index in [4.69, 9.17) is 0 Å². The van der Waals surface area contributed by atoms with E-state index in [1.165, 1.54) is 6.08 Å². The first-order valence-corrected chi connectivity index (χ1v) is 19.7. The molecule has 0 aromatic carbocycles. The Bertz CT molecular complexity index is 1390. The van der Waals surface area contributed by atoms with E-state index in [-0.39, 0.29) is 35.5 Å². The van der Waals surface area contributed by atoms with Gasteiger partial charge in [-0.15, -0.1) is 6.58 Å². The molecule has 0 radical (unpaired) electrons. The summed E-state index contributed by atoms with van der Waals surface area (Å²) in [6, 6.07) is -3.16. The minimum atomic E-state index is -3.55. The molecule has 278 valence electrons. The lowest BCUT2D eigenvalue weighted by Crippen LogP contribution is -2.65. The third-order valence-electron chi connectivity index (χ3n) is 11.5. The summed E-state index contributed by atoms with van der Waals surface area (Å²) in [4.78, 5) is 55.4. The number of fused-ring (bicyclic) bond motifs is 1. The molecule has 0 aromatic heterocycles. The zero-order chi connectivity index (χ0) is 36.7. The largest absolute Gasteiger partial charge is 0.376 e. The Labute approximate surface area is 293 Å². The summed E-state index contributed by atoms with van der Waals surface area (Å²) in [5.74, 6) is -1.76. The fraction of sp³-hybridized carbons (Fsp3) is 0.833. The van der Waals surface area contributed by atoms with Gasteiger partial charge in [0, 0.05) is 13.1 Å². The summed E-state index contributed by atoms with van der Waals surface area (Å²) < 4.78 is 25.7. The molecule has 0 aromatic rings. The molecule has 49 heavy (non-hydrogen) atoms. The van der Waals surface area contributed by atoms with Gasteiger partial charge in [-0.05, 0) is 68.6 Å². The van der Waals surface area contributed by atoms with Gasteiger partial charge in [-0.2, -0.15) is 0 Å². The molecule has 3 aliphatic carbocycles. The van der Waals surface area contributed by atoms with Crippen molar-refractivity contribution in [3.8, 4) is 0 Å². The maximum absolute atomic E-state index is 14.1. The van der Waals surface area contributed by atoms with Gasteiger partial charge in [-0.1, -0.05) is 72.8 Å². The minimum absolute atomic E-state index is 0.0871. The molecule has 6 atom stereocenters. The van der Waals surface area contributed by atoms with Crippen molar-refractivity contribution in [2.24, 2.45) is 28.6 Å². The van der Waals surface area contributed by atoms with E-state index in [0.717, 1.165) is 32.1 Å². The lowest BCUT2D eigenvalue weighted by Gasteiger charge is -2.44. The van der Waals surface area contributed by atoms with Gasteiger partial charge < -0.3 is 26.4 Å². The van der Waals surface area contributed by atoms with Crippen molar-refractivity contribution in [1.29, 1.82) is 0 Å². The molecular weight excluding hydrogens is 646 g/mol. The van der Waals surface area contributed by atoms with Crippen LogP contribution in [0.4, 0.5) is 4.79 Å². The fourth-order valence-corrected chi connectivity index (χ4v) is 9.46. The van der Waals surface area contributed by atoms with Gasteiger partial charge in [-0.25, -0.2) is 13.2 Å². The molecule has 5 unspecified atom stereocenters. The van der Waals surface area contributed by atoms with Gasteiger partial charge in [-0.3, -0.25) is 19.3 Å². The van der Waals surface area contributed by atoms with Crippen molar-refractivity contribution >= 4 is 33.5 Å². The number of aliphatic hydroxyl groups is 1. The van der Waals surface area contributed by atoms with Gasteiger partial charge in [0.25, 0.3) is 5.91 Å². The number of carbonyl (C=O) groups excluding carboxylic acids is 4. The molecule has 13 heteroatoms. The van der Waals surface area contributed by atoms with Crippen LogP contribution in [0.25, 0.3) is 0 Å². The topological polar surface area (TPSA) is 174 Å². The fourth-order valence-electron chi connectivity index (χ4n) is 7.94.